The minimum Gasteiger partial charge on any atom is -0.397 e. The molecule has 0 amide bonds. The minimum atomic E-state index is 0.670. The molecule has 0 bridgehead atoms. The lowest BCUT2D eigenvalue weighted by Crippen LogP contribution is -2.05. The molecular weight excluding hydrogens is 212 g/mol. The highest BCUT2D eigenvalue weighted by Gasteiger charge is 2.01. The molecule has 2 rings (SSSR count). The van der Waals surface area contributed by atoms with E-state index in [-0.39, 0.29) is 0 Å². The van der Waals surface area contributed by atoms with Crippen LogP contribution in [0.5, 0.6) is 0 Å². The number of nitrogens with zero attached hydrogens (tertiary/aromatic N) is 2. The van der Waals surface area contributed by atoms with Crippen LogP contribution in [0.2, 0.25) is 0 Å². The van der Waals surface area contributed by atoms with Crippen LogP contribution in [-0.2, 0) is 6.54 Å². The Labute approximate surface area is 101 Å². The molecule has 0 fully saturated rings. The van der Waals surface area contributed by atoms with E-state index < -0.39 is 0 Å². The molecule has 0 radical (unpaired) electrons. The van der Waals surface area contributed by atoms with Gasteiger partial charge in [-0.05, 0) is 37.1 Å². The first kappa shape index (κ1) is 11.4. The third-order valence-electron chi connectivity index (χ3n) is 2.71. The van der Waals surface area contributed by atoms with E-state index >= 15 is 0 Å². The number of nitrogen functional groups attached to an aromatic ring is 1. The Hall–Kier alpha value is -2.10. The predicted octanol–water partition coefficient (Wildman–Crippen LogP) is 2.29. The van der Waals surface area contributed by atoms with Gasteiger partial charge in [0.15, 0.2) is 0 Å². The van der Waals surface area contributed by atoms with Crippen LogP contribution in [0.3, 0.4) is 0 Å². The Morgan fingerprint density at radius 1 is 1.24 bits per heavy atom. The summed E-state index contributed by atoms with van der Waals surface area (Å²) in [6, 6.07) is 5.92. The van der Waals surface area contributed by atoms with Crippen LogP contribution in [0.15, 0.2) is 30.6 Å². The lowest BCUT2D eigenvalue weighted by molar-refractivity contribution is 1.00. The second-order valence-corrected chi connectivity index (χ2v) is 4.05. The van der Waals surface area contributed by atoms with Crippen LogP contribution in [0.25, 0.3) is 0 Å². The van der Waals surface area contributed by atoms with Gasteiger partial charge in [0.25, 0.3) is 0 Å². The fourth-order valence-corrected chi connectivity index (χ4v) is 1.54. The number of aryl methyl sites for hydroxylation is 2. The molecule has 2 aromatic rings. The number of pyridine rings is 2. The van der Waals surface area contributed by atoms with Crippen molar-refractivity contribution in [2.75, 3.05) is 11.1 Å². The zero-order valence-electron chi connectivity index (χ0n) is 10.1. The molecular formula is C13H16N4. The molecule has 0 aliphatic heterocycles. The lowest BCUT2D eigenvalue weighted by Gasteiger charge is -2.08. The van der Waals surface area contributed by atoms with Gasteiger partial charge in [0.05, 0.1) is 24.1 Å². The molecule has 0 saturated carbocycles. The predicted molar refractivity (Wildman–Crippen MR) is 69.7 cm³/mol. The lowest BCUT2D eigenvalue weighted by atomic mass is 10.2. The van der Waals surface area contributed by atoms with Crippen molar-refractivity contribution in [2.45, 2.75) is 20.4 Å². The SMILES string of the molecule is Cc1cc(NCc2ncccc2C)ncc1N. The van der Waals surface area contributed by atoms with Crippen LogP contribution >= 0.6 is 0 Å². The van der Waals surface area contributed by atoms with Crippen molar-refractivity contribution in [3.8, 4) is 0 Å². The maximum absolute atomic E-state index is 5.72. The third-order valence-corrected chi connectivity index (χ3v) is 2.71. The first-order valence-electron chi connectivity index (χ1n) is 5.53. The monoisotopic (exact) mass is 228 g/mol. The highest BCUT2D eigenvalue weighted by molar-refractivity contribution is 5.50. The van der Waals surface area contributed by atoms with Crippen LogP contribution in [0, 0.1) is 13.8 Å². The molecule has 0 aliphatic carbocycles. The largest absolute Gasteiger partial charge is 0.397 e. The maximum atomic E-state index is 5.72. The zero-order valence-corrected chi connectivity index (χ0v) is 10.1. The molecule has 0 saturated heterocycles. The summed E-state index contributed by atoms with van der Waals surface area (Å²) in [5.41, 5.74) is 9.66. The van der Waals surface area contributed by atoms with Crippen LogP contribution in [0.4, 0.5) is 11.5 Å². The van der Waals surface area contributed by atoms with Crippen molar-refractivity contribution in [1.29, 1.82) is 0 Å². The summed E-state index contributed by atoms with van der Waals surface area (Å²) in [6.07, 6.45) is 3.47. The van der Waals surface area contributed by atoms with Crippen LogP contribution in [0.1, 0.15) is 16.8 Å². The number of anilines is 2. The summed E-state index contributed by atoms with van der Waals surface area (Å²) in [6.45, 7) is 4.68. The topological polar surface area (TPSA) is 63.8 Å². The van der Waals surface area contributed by atoms with E-state index in [1.807, 2.05) is 32.0 Å². The standard InChI is InChI=1S/C13H16N4/c1-9-4-3-5-15-12(9)8-17-13-6-10(2)11(14)7-16-13/h3-7H,8,14H2,1-2H3,(H,16,17). The van der Waals surface area contributed by atoms with Gasteiger partial charge in [-0.1, -0.05) is 6.07 Å². The number of nitrogens with two attached hydrogens (primary N) is 1. The van der Waals surface area contributed by atoms with E-state index in [4.69, 9.17) is 5.73 Å². The quantitative estimate of drug-likeness (QED) is 0.846. The van der Waals surface area contributed by atoms with Crippen molar-refractivity contribution in [1.82, 2.24) is 9.97 Å². The van der Waals surface area contributed by atoms with Crippen molar-refractivity contribution >= 4 is 11.5 Å². The summed E-state index contributed by atoms with van der Waals surface area (Å²) in [7, 11) is 0. The van der Waals surface area contributed by atoms with Crippen molar-refractivity contribution in [3.63, 3.8) is 0 Å². The number of nitrogens with one attached hydrogen (secondary N) is 1. The average molecular weight is 228 g/mol. The summed E-state index contributed by atoms with van der Waals surface area (Å²) >= 11 is 0. The fourth-order valence-electron chi connectivity index (χ4n) is 1.54. The molecule has 4 heteroatoms. The summed E-state index contributed by atoms with van der Waals surface area (Å²) in [4.78, 5) is 8.54. The zero-order chi connectivity index (χ0) is 12.3. The highest BCUT2D eigenvalue weighted by Crippen LogP contribution is 2.14. The normalized spacial score (nSPS) is 10.2. The molecule has 2 heterocycles. The molecule has 3 N–H and O–H groups in total. The van der Waals surface area contributed by atoms with E-state index in [0.717, 1.165) is 17.1 Å². The molecule has 0 spiro atoms. The maximum Gasteiger partial charge on any atom is 0.126 e. The molecule has 88 valence electrons. The van der Waals surface area contributed by atoms with Crippen molar-refractivity contribution < 1.29 is 0 Å². The second kappa shape index (κ2) is 4.82. The number of rotatable bonds is 3. The van der Waals surface area contributed by atoms with Gasteiger partial charge in [0.1, 0.15) is 5.82 Å². The average Bonchev–Trinajstić information content (AvgIpc) is 2.32. The van der Waals surface area contributed by atoms with Crippen molar-refractivity contribution in [2.24, 2.45) is 0 Å². The minimum absolute atomic E-state index is 0.670. The van der Waals surface area contributed by atoms with Gasteiger partial charge in [0, 0.05) is 6.20 Å². The Bertz CT molecular complexity index is 523. The Kier molecular flexibility index (Phi) is 3.23. The van der Waals surface area contributed by atoms with E-state index in [2.05, 4.69) is 15.3 Å². The van der Waals surface area contributed by atoms with Gasteiger partial charge in [0.2, 0.25) is 0 Å². The first-order chi connectivity index (χ1) is 8.16. The van der Waals surface area contributed by atoms with E-state index in [1.54, 1.807) is 12.4 Å². The summed E-state index contributed by atoms with van der Waals surface area (Å²) in [5.74, 6) is 0.821. The van der Waals surface area contributed by atoms with Gasteiger partial charge in [-0.3, -0.25) is 4.98 Å². The van der Waals surface area contributed by atoms with Crippen LogP contribution in [-0.4, -0.2) is 9.97 Å². The van der Waals surface area contributed by atoms with E-state index in [9.17, 15) is 0 Å². The molecule has 2 aromatic heterocycles. The molecule has 17 heavy (non-hydrogen) atoms. The number of hydrogen-bond donors (Lipinski definition) is 2. The smallest absolute Gasteiger partial charge is 0.126 e. The third kappa shape index (κ3) is 2.72. The van der Waals surface area contributed by atoms with Gasteiger partial charge >= 0.3 is 0 Å². The molecule has 0 unspecified atom stereocenters. The number of aromatic nitrogens is 2. The van der Waals surface area contributed by atoms with Gasteiger partial charge in [-0.25, -0.2) is 4.98 Å². The number of hydrogen-bond acceptors (Lipinski definition) is 4. The Morgan fingerprint density at radius 3 is 2.76 bits per heavy atom. The van der Waals surface area contributed by atoms with Gasteiger partial charge in [-0.15, -0.1) is 0 Å². The van der Waals surface area contributed by atoms with Gasteiger partial charge < -0.3 is 11.1 Å². The highest BCUT2D eigenvalue weighted by atomic mass is 15.0. The Balaban J connectivity index is 2.08. The molecule has 0 aliphatic rings. The van der Waals surface area contributed by atoms with E-state index in [0.29, 0.717) is 12.2 Å². The second-order valence-electron chi connectivity index (χ2n) is 4.05. The van der Waals surface area contributed by atoms with Crippen LogP contribution < -0.4 is 11.1 Å². The van der Waals surface area contributed by atoms with Gasteiger partial charge in [-0.2, -0.15) is 0 Å². The summed E-state index contributed by atoms with van der Waals surface area (Å²) < 4.78 is 0. The first-order valence-corrected chi connectivity index (χ1v) is 5.53. The van der Waals surface area contributed by atoms with Crippen molar-refractivity contribution in [3.05, 3.63) is 47.4 Å². The molecule has 0 aromatic carbocycles. The molecule has 4 nitrogen and oxygen atoms in total. The summed E-state index contributed by atoms with van der Waals surface area (Å²) in [5, 5.41) is 3.24. The fraction of sp³-hybridized carbons (Fsp3) is 0.231. The van der Waals surface area contributed by atoms with E-state index in [1.165, 1.54) is 5.56 Å². The Morgan fingerprint density at radius 2 is 2.06 bits per heavy atom. The molecule has 0 atom stereocenters.